The Balaban J connectivity index is 2.83. The maximum Gasteiger partial charge on any atom is 0.203 e. The topological polar surface area (TPSA) is 65.6 Å². The van der Waals surface area contributed by atoms with Gasteiger partial charge in [-0.05, 0) is 44.0 Å². The van der Waals surface area contributed by atoms with Gasteiger partial charge in [-0.25, -0.2) is 0 Å². The maximum atomic E-state index is 9.35. The van der Waals surface area contributed by atoms with Crippen molar-refractivity contribution in [2.24, 2.45) is 0 Å². The average molecular weight is 446 g/mol. The van der Waals surface area contributed by atoms with Crippen LogP contribution in [0.15, 0.2) is 21.2 Å². The van der Waals surface area contributed by atoms with Crippen LogP contribution >= 0.6 is 31.9 Å². The third-order valence-corrected chi connectivity index (χ3v) is 4.77. The quantitative estimate of drug-likeness (QED) is 0.702. The number of nitrogens with zero attached hydrogens (tertiary/aromatic N) is 2. The van der Waals surface area contributed by atoms with E-state index < -0.39 is 0 Å². The van der Waals surface area contributed by atoms with Crippen LogP contribution in [0.5, 0.6) is 17.2 Å². The van der Waals surface area contributed by atoms with E-state index in [0.717, 1.165) is 5.56 Å². The van der Waals surface area contributed by atoms with Crippen molar-refractivity contribution in [3.05, 3.63) is 26.9 Å². The summed E-state index contributed by atoms with van der Waals surface area (Å²) in [5.74, 6) is 1.51. The number of rotatable bonds is 5. The Kier molecular flexibility index (Phi) is 5.44. The highest BCUT2D eigenvalue weighted by Crippen LogP contribution is 2.49. The van der Waals surface area contributed by atoms with Crippen LogP contribution < -0.4 is 19.0 Å². The van der Waals surface area contributed by atoms with Crippen molar-refractivity contribution in [1.29, 1.82) is 5.26 Å². The molecule has 1 aromatic carbocycles. The molecule has 0 radical (unpaired) electrons. The Bertz CT molecular complexity index is 781. The van der Waals surface area contributed by atoms with Crippen LogP contribution in [0.25, 0.3) is 11.1 Å². The van der Waals surface area contributed by atoms with Gasteiger partial charge in [0.2, 0.25) is 5.75 Å². The number of benzene rings is 1. The Morgan fingerprint density at radius 2 is 1.65 bits per heavy atom. The molecule has 1 aromatic heterocycles. The number of hydrogen-bond donors (Lipinski definition) is 0. The van der Waals surface area contributed by atoms with Crippen molar-refractivity contribution in [1.82, 2.24) is 4.73 Å². The smallest absolute Gasteiger partial charge is 0.203 e. The van der Waals surface area contributed by atoms with Crippen LogP contribution in [-0.2, 0) is 0 Å². The van der Waals surface area contributed by atoms with Crippen LogP contribution in [0.1, 0.15) is 5.69 Å². The fraction of sp³-hybridized carbons (Fsp3) is 0.267. The summed E-state index contributed by atoms with van der Waals surface area (Å²) < 4.78 is 18.8. The lowest BCUT2D eigenvalue weighted by molar-refractivity contribution is 0.160. The monoisotopic (exact) mass is 444 g/mol. The average Bonchev–Trinajstić information content (AvgIpc) is 2.82. The molecule has 122 valence electrons. The molecule has 0 spiro atoms. The van der Waals surface area contributed by atoms with Crippen LogP contribution in [0.4, 0.5) is 0 Å². The zero-order chi connectivity index (χ0) is 17.1. The van der Waals surface area contributed by atoms with Gasteiger partial charge in [-0.1, -0.05) is 0 Å². The van der Waals surface area contributed by atoms with Crippen molar-refractivity contribution in [3.63, 3.8) is 0 Å². The van der Waals surface area contributed by atoms with Gasteiger partial charge in [0, 0.05) is 11.1 Å². The van der Waals surface area contributed by atoms with E-state index >= 15 is 0 Å². The fourth-order valence-corrected chi connectivity index (χ4v) is 3.94. The minimum Gasteiger partial charge on any atom is -0.493 e. The Morgan fingerprint density at radius 1 is 1.00 bits per heavy atom. The van der Waals surface area contributed by atoms with Gasteiger partial charge in [-0.3, -0.25) is 0 Å². The van der Waals surface area contributed by atoms with Crippen molar-refractivity contribution in [2.75, 3.05) is 28.4 Å². The lowest BCUT2D eigenvalue weighted by atomic mass is 10.1. The van der Waals surface area contributed by atoms with E-state index in [1.807, 2.05) is 6.07 Å². The molecule has 0 aliphatic carbocycles. The summed E-state index contributed by atoms with van der Waals surface area (Å²) in [6.45, 7) is 0. The number of methoxy groups -OCH3 is 3. The van der Waals surface area contributed by atoms with E-state index in [4.69, 9.17) is 19.0 Å². The first kappa shape index (κ1) is 17.5. The molecule has 8 heteroatoms. The normalized spacial score (nSPS) is 10.1. The molecule has 0 N–H and O–H groups in total. The largest absolute Gasteiger partial charge is 0.493 e. The summed E-state index contributed by atoms with van der Waals surface area (Å²) >= 11 is 6.92. The molecule has 0 saturated carbocycles. The standard InChI is InChI=1S/C15H14Br2N2O4/c1-20-10-6-5-8(13(21-2)14(10)22-3)11-12(16)9(7-18)19(23-4)15(11)17/h5-6H,1-4H3. The van der Waals surface area contributed by atoms with Gasteiger partial charge in [-0.2, -0.15) is 9.99 Å². The highest BCUT2D eigenvalue weighted by atomic mass is 79.9. The van der Waals surface area contributed by atoms with E-state index in [1.54, 1.807) is 20.3 Å². The second kappa shape index (κ2) is 7.15. The van der Waals surface area contributed by atoms with Crippen molar-refractivity contribution in [3.8, 4) is 34.4 Å². The van der Waals surface area contributed by atoms with Gasteiger partial charge < -0.3 is 19.0 Å². The molecule has 6 nitrogen and oxygen atoms in total. The Morgan fingerprint density at radius 3 is 2.09 bits per heavy atom. The van der Waals surface area contributed by atoms with Gasteiger partial charge in [0.1, 0.15) is 17.8 Å². The van der Waals surface area contributed by atoms with E-state index in [-0.39, 0.29) is 0 Å². The van der Waals surface area contributed by atoms with Gasteiger partial charge >= 0.3 is 0 Å². The number of nitriles is 1. The molecule has 0 bridgehead atoms. The van der Waals surface area contributed by atoms with Crippen LogP contribution in [-0.4, -0.2) is 33.2 Å². The molecule has 0 aliphatic rings. The highest BCUT2D eigenvalue weighted by molar-refractivity contribution is 9.11. The molecule has 0 unspecified atom stereocenters. The second-order valence-electron chi connectivity index (χ2n) is 4.30. The van der Waals surface area contributed by atoms with E-state index in [1.165, 1.54) is 19.0 Å². The summed E-state index contributed by atoms with van der Waals surface area (Å²) in [5.41, 5.74) is 1.75. The van der Waals surface area contributed by atoms with E-state index in [0.29, 0.717) is 37.6 Å². The predicted octanol–water partition coefficient (Wildman–Crippen LogP) is 3.64. The molecule has 0 amide bonds. The summed E-state index contributed by atoms with van der Waals surface area (Å²) in [7, 11) is 6.11. The van der Waals surface area contributed by atoms with E-state index in [2.05, 4.69) is 37.9 Å². The van der Waals surface area contributed by atoms with E-state index in [9.17, 15) is 5.26 Å². The van der Waals surface area contributed by atoms with Crippen LogP contribution in [0, 0.1) is 11.3 Å². The minimum atomic E-state index is 0.325. The summed E-state index contributed by atoms with van der Waals surface area (Å²) in [6, 6.07) is 5.69. The molecule has 0 aliphatic heterocycles. The summed E-state index contributed by atoms with van der Waals surface area (Å²) in [6.07, 6.45) is 0. The minimum absolute atomic E-state index is 0.325. The molecule has 2 aromatic rings. The maximum absolute atomic E-state index is 9.35. The lowest BCUT2D eigenvalue weighted by Gasteiger charge is -2.16. The predicted molar refractivity (Wildman–Crippen MR) is 92.1 cm³/mol. The van der Waals surface area contributed by atoms with Crippen LogP contribution in [0.2, 0.25) is 0 Å². The first-order chi connectivity index (χ1) is 11.0. The van der Waals surface area contributed by atoms with Gasteiger partial charge in [0.25, 0.3) is 0 Å². The molecule has 23 heavy (non-hydrogen) atoms. The molecule has 2 rings (SSSR count). The van der Waals surface area contributed by atoms with Gasteiger partial charge in [0.15, 0.2) is 17.2 Å². The number of hydrogen-bond acceptors (Lipinski definition) is 5. The summed E-state index contributed by atoms with van der Waals surface area (Å²) in [5, 5.41) is 9.35. The molecule has 1 heterocycles. The SMILES string of the molecule is COc1ccc(-c2c(Br)c(C#N)n(OC)c2Br)c(OC)c1OC. The van der Waals surface area contributed by atoms with Gasteiger partial charge in [0.05, 0.1) is 25.8 Å². The number of aromatic nitrogens is 1. The van der Waals surface area contributed by atoms with Crippen molar-refractivity contribution >= 4 is 31.9 Å². The van der Waals surface area contributed by atoms with Crippen molar-refractivity contribution < 1.29 is 19.0 Å². The second-order valence-corrected chi connectivity index (χ2v) is 5.84. The first-order valence-electron chi connectivity index (χ1n) is 6.39. The molecule has 0 saturated heterocycles. The number of halogens is 2. The molecule has 0 fully saturated rings. The zero-order valence-electron chi connectivity index (χ0n) is 12.9. The molecule has 0 atom stereocenters. The highest BCUT2D eigenvalue weighted by Gasteiger charge is 2.26. The first-order valence-corrected chi connectivity index (χ1v) is 7.97. The number of ether oxygens (including phenoxy) is 3. The Labute approximate surface area is 150 Å². The van der Waals surface area contributed by atoms with Gasteiger partial charge in [-0.15, -0.1) is 0 Å². The molecular weight excluding hydrogens is 432 g/mol. The van der Waals surface area contributed by atoms with Crippen molar-refractivity contribution in [2.45, 2.75) is 0 Å². The lowest BCUT2D eigenvalue weighted by Crippen LogP contribution is -2.08. The molecular formula is C15H14Br2N2O4. The fourth-order valence-electron chi connectivity index (χ4n) is 2.29. The summed E-state index contributed by atoms with van der Waals surface area (Å²) in [4.78, 5) is 5.25. The third kappa shape index (κ3) is 2.75. The third-order valence-electron chi connectivity index (χ3n) is 3.28. The Hall–Kier alpha value is -1.85. The zero-order valence-corrected chi connectivity index (χ0v) is 16.1. The van der Waals surface area contributed by atoms with Crippen LogP contribution in [0.3, 0.4) is 0 Å².